The van der Waals surface area contributed by atoms with Crippen molar-refractivity contribution in [1.29, 1.82) is 0 Å². The van der Waals surface area contributed by atoms with Crippen LogP contribution in [-0.2, 0) is 6.42 Å². The number of aliphatic hydroxyl groups is 1. The summed E-state index contributed by atoms with van der Waals surface area (Å²) in [6, 6.07) is 12.8. The molecular weight excluding hydrogens is 227 g/mol. The molecule has 0 fully saturated rings. The average Bonchev–Trinajstić information content (AvgIpc) is 2.35. The zero-order chi connectivity index (χ0) is 13.1. The van der Waals surface area contributed by atoms with Crippen LogP contribution in [0.15, 0.2) is 42.5 Å². The van der Waals surface area contributed by atoms with E-state index < -0.39 is 6.10 Å². The highest BCUT2D eigenvalue weighted by Gasteiger charge is 2.14. The Hall–Kier alpha value is -1.67. The number of aryl methyl sites for hydroxylation is 2. The molecule has 0 aliphatic rings. The second kappa shape index (κ2) is 5.32. The molecule has 0 saturated heterocycles. The zero-order valence-electron chi connectivity index (χ0n) is 10.7. The van der Waals surface area contributed by atoms with Crippen molar-refractivity contribution in [2.24, 2.45) is 0 Å². The molecule has 2 aromatic carbocycles. The maximum Gasteiger partial charge on any atom is 0.129 e. The van der Waals surface area contributed by atoms with Gasteiger partial charge in [-0.25, -0.2) is 4.39 Å². The fourth-order valence-corrected chi connectivity index (χ4v) is 2.01. The van der Waals surface area contributed by atoms with Crippen LogP contribution >= 0.6 is 0 Å². The summed E-state index contributed by atoms with van der Waals surface area (Å²) in [5.74, 6) is -0.332. The summed E-state index contributed by atoms with van der Waals surface area (Å²) in [6.45, 7) is 3.79. The molecule has 0 aliphatic carbocycles. The van der Waals surface area contributed by atoms with E-state index in [1.165, 1.54) is 6.07 Å². The molecule has 2 aromatic rings. The number of halogens is 1. The molecule has 1 unspecified atom stereocenters. The van der Waals surface area contributed by atoms with Gasteiger partial charge in [-0.15, -0.1) is 0 Å². The highest BCUT2D eigenvalue weighted by molar-refractivity contribution is 5.33. The molecule has 2 heteroatoms. The van der Waals surface area contributed by atoms with Crippen molar-refractivity contribution in [2.45, 2.75) is 26.4 Å². The molecule has 0 radical (unpaired) electrons. The van der Waals surface area contributed by atoms with E-state index >= 15 is 0 Å². The third-order valence-corrected chi connectivity index (χ3v) is 3.24. The predicted molar refractivity (Wildman–Crippen MR) is 71.0 cm³/mol. The Morgan fingerprint density at radius 3 is 2.33 bits per heavy atom. The fraction of sp³-hybridized carbons (Fsp3) is 0.250. The summed E-state index contributed by atoms with van der Waals surface area (Å²) in [5, 5.41) is 10.1. The maximum absolute atomic E-state index is 13.8. The molecule has 0 bridgehead atoms. The standard InChI is InChI=1S/C16H17FO/c1-11-8-14(15(17)9-12(11)2)16(18)10-13-6-4-3-5-7-13/h3-9,16,18H,10H2,1-2H3. The Morgan fingerprint density at radius 2 is 1.67 bits per heavy atom. The third kappa shape index (κ3) is 2.77. The zero-order valence-corrected chi connectivity index (χ0v) is 10.7. The first-order valence-corrected chi connectivity index (χ1v) is 6.06. The van der Waals surface area contributed by atoms with Crippen molar-refractivity contribution >= 4 is 0 Å². The Bertz CT molecular complexity index is 534. The van der Waals surface area contributed by atoms with Gasteiger partial charge in [-0.2, -0.15) is 0 Å². The molecular formula is C16H17FO. The molecule has 0 aromatic heterocycles. The summed E-state index contributed by atoms with van der Waals surface area (Å²) in [6.07, 6.45) is -0.369. The van der Waals surface area contributed by atoms with Gasteiger partial charge in [0.2, 0.25) is 0 Å². The lowest BCUT2D eigenvalue weighted by Gasteiger charge is -2.14. The van der Waals surface area contributed by atoms with Gasteiger partial charge in [0.05, 0.1) is 6.10 Å². The summed E-state index contributed by atoms with van der Waals surface area (Å²) < 4.78 is 13.8. The molecule has 18 heavy (non-hydrogen) atoms. The van der Waals surface area contributed by atoms with Crippen molar-refractivity contribution in [3.63, 3.8) is 0 Å². The van der Waals surface area contributed by atoms with E-state index in [-0.39, 0.29) is 5.82 Å². The Morgan fingerprint density at radius 1 is 1.06 bits per heavy atom. The van der Waals surface area contributed by atoms with Gasteiger partial charge in [0.1, 0.15) is 5.82 Å². The van der Waals surface area contributed by atoms with E-state index in [0.29, 0.717) is 12.0 Å². The Kier molecular flexibility index (Phi) is 3.78. The fourth-order valence-electron chi connectivity index (χ4n) is 2.01. The van der Waals surface area contributed by atoms with Gasteiger partial charge in [-0.05, 0) is 36.6 Å². The lowest BCUT2D eigenvalue weighted by molar-refractivity contribution is 0.173. The van der Waals surface area contributed by atoms with Crippen molar-refractivity contribution in [3.8, 4) is 0 Å². The first-order valence-electron chi connectivity index (χ1n) is 6.06. The van der Waals surface area contributed by atoms with Gasteiger partial charge in [0, 0.05) is 12.0 Å². The Labute approximate surface area is 107 Å². The Balaban J connectivity index is 2.24. The lowest BCUT2D eigenvalue weighted by Crippen LogP contribution is -2.05. The minimum absolute atomic E-state index is 0.332. The molecule has 94 valence electrons. The molecule has 0 heterocycles. The first kappa shape index (κ1) is 12.8. The van der Waals surface area contributed by atoms with Crippen molar-refractivity contribution < 1.29 is 9.50 Å². The monoisotopic (exact) mass is 244 g/mol. The molecule has 1 N–H and O–H groups in total. The van der Waals surface area contributed by atoms with E-state index in [1.54, 1.807) is 6.07 Å². The average molecular weight is 244 g/mol. The van der Waals surface area contributed by atoms with Crippen LogP contribution in [0.25, 0.3) is 0 Å². The minimum Gasteiger partial charge on any atom is -0.388 e. The third-order valence-electron chi connectivity index (χ3n) is 3.24. The molecule has 0 aliphatic heterocycles. The lowest BCUT2D eigenvalue weighted by atomic mass is 9.97. The van der Waals surface area contributed by atoms with Gasteiger partial charge >= 0.3 is 0 Å². The van der Waals surface area contributed by atoms with Gasteiger partial charge < -0.3 is 5.11 Å². The van der Waals surface area contributed by atoms with E-state index in [9.17, 15) is 9.50 Å². The summed E-state index contributed by atoms with van der Waals surface area (Å²) in [5.41, 5.74) is 3.28. The van der Waals surface area contributed by atoms with Gasteiger partial charge in [-0.1, -0.05) is 36.4 Å². The summed E-state index contributed by atoms with van der Waals surface area (Å²) in [7, 11) is 0. The second-order valence-corrected chi connectivity index (χ2v) is 4.66. The number of aliphatic hydroxyl groups excluding tert-OH is 1. The van der Waals surface area contributed by atoms with Crippen LogP contribution in [0.3, 0.4) is 0 Å². The molecule has 1 atom stereocenters. The summed E-state index contributed by atoms with van der Waals surface area (Å²) in [4.78, 5) is 0. The van der Waals surface area contributed by atoms with Crippen LogP contribution in [0, 0.1) is 19.7 Å². The number of benzene rings is 2. The van der Waals surface area contributed by atoms with Crippen molar-refractivity contribution in [2.75, 3.05) is 0 Å². The van der Waals surface area contributed by atoms with Crippen LogP contribution in [0.1, 0.15) is 28.4 Å². The van der Waals surface area contributed by atoms with Crippen molar-refractivity contribution in [1.82, 2.24) is 0 Å². The number of hydrogen-bond donors (Lipinski definition) is 1. The SMILES string of the molecule is Cc1cc(F)c(C(O)Cc2ccccc2)cc1C. The number of rotatable bonds is 3. The number of hydrogen-bond acceptors (Lipinski definition) is 1. The molecule has 0 spiro atoms. The molecule has 0 saturated carbocycles. The second-order valence-electron chi connectivity index (χ2n) is 4.66. The van der Waals surface area contributed by atoms with Gasteiger partial charge in [0.15, 0.2) is 0 Å². The van der Waals surface area contributed by atoms with Crippen LogP contribution in [-0.4, -0.2) is 5.11 Å². The minimum atomic E-state index is -0.799. The first-order chi connectivity index (χ1) is 8.58. The maximum atomic E-state index is 13.8. The molecule has 2 rings (SSSR count). The van der Waals surface area contributed by atoms with Crippen molar-refractivity contribution in [3.05, 3.63) is 70.5 Å². The largest absolute Gasteiger partial charge is 0.388 e. The van der Waals surface area contributed by atoms with Crippen LogP contribution in [0.2, 0.25) is 0 Å². The van der Waals surface area contributed by atoms with E-state index in [4.69, 9.17) is 0 Å². The normalized spacial score (nSPS) is 12.4. The molecule has 1 nitrogen and oxygen atoms in total. The van der Waals surface area contributed by atoms with E-state index in [2.05, 4.69) is 0 Å². The van der Waals surface area contributed by atoms with Crippen LogP contribution < -0.4 is 0 Å². The quantitative estimate of drug-likeness (QED) is 0.872. The highest BCUT2D eigenvalue weighted by atomic mass is 19.1. The van der Waals surface area contributed by atoms with Gasteiger partial charge in [-0.3, -0.25) is 0 Å². The van der Waals surface area contributed by atoms with Gasteiger partial charge in [0.25, 0.3) is 0 Å². The molecule has 0 amide bonds. The van der Waals surface area contributed by atoms with Crippen LogP contribution in [0.4, 0.5) is 4.39 Å². The predicted octanol–water partition coefficient (Wildman–Crippen LogP) is 3.72. The highest BCUT2D eigenvalue weighted by Crippen LogP contribution is 2.24. The smallest absolute Gasteiger partial charge is 0.129 e. The summed E-state index contributed by atoms with van der Waals surface area (Å²) >= 11 is 0. The van der Waals surface area contributed by atoms with Crippen LogP contribution in [0.5, 0.6) is 0 Å². The van der Waals surface area contributed by atoms with E-state index in [1.807, 2.05) is 44.2 Å². The van der Waals surface area contributed by atoms with E-state index in [0.717, 1.165) is 16.7 Å². The topological polar surface area (TPSA) is 20.2 Å².